The highest BCUT2D eigenvalue weighted by atomic mass is 16.5. The first-order valence-electron chi connectivity index (χ1n) is 9.96. The van der Waals surface area contributed by atoms with Crippen LogP contribution in [0.25, 0.3) is 0 Å². The maximum atomic E-state index is 13.2. The van der Waals surface area contributed by atoms with E-state index in [4.69, 9.17) is 14.2 Å². The Morgan fingerprint density at radius 1 is 0.800 bits per heavy atom. The molecule has 1 N–H and O–H groups in total. The van der Waals surface area contributed by atoms with Gasteiger partial charge in [0.15, 0.2) is 17.3 Å². The number of Topliss-reactive ketones (excluding diaryl/α,β-unsaturated/α-hetero) is 1. The summed E-state index contributed by atoms with van der Waals surface area (Å²) in [7, 11) is 4.80. The summed E-state index contributed by atoms with van der Waals surface area (Å²) < 4.78 is 15.9. The van der Waals surface area contributed by atoms with Crippen molar-refractivity contribution in [2.24, 2.45) is 0 Å². The van der Waals surface area contributed by atoms with Crippen molar-refractivity contribution in [3.8, 4) is 17.2 Å². The zero-order valence-electron chi connectivity index (χ0n) is 17.4. The Balaban J connectivity index is 1.67. The average Bonchev–Trinajstić information content (AvgIpc) is 2.77. The van der Waals surface area contributed by atoms with Crippen LogP contribution in [0.3, 0.4) is 0 Å². The molecular weight excluding hydrogens is 382 g/mol. The molecule has 2 aliphatic rings. The van der Waals surface area contributed by atoms with E-state index >= 15 is 0 Å². The molecule has 0 saturated heterocycles. The number of hydrogen-bond acceptors (Lipinski definition) is 5. The predicted octanol–water partition coefficient (Wildman–Crippen LogP) is 3.72. The van der Waals surface area contributed by atoms with Gasteiger partial charge in [0.1, 0.15) is 5.75 Å². The molecule has 0 bridgehead atoms. The summed E-state index contributed by atoms with van der Waals surface area (Å²) >= 11 is 0. The van der Waals surface area contributed by atoms with Gasteiger partial charge in [-0.1, -0.05) is 18.2 Å². The van der Waals surface area contributed by atoms with Gasteiger partial charge in [-0.05, 0) is 47.7 Å². The lowest BCUT2D eigenvalue weighted by molar-refractivity contribution is -0.122. The number of carbonyl (C=O) groups is 2. The van der Waals surface area contributed by atoms with Crippen LogP contribution >= 0.6 is 0 Å². The van der Waals surface area contributed by atoms with Gasteiger partial charge in [0.05, 0.1) is 21.3 Å². The topological polar surface area (TPSA) is 73.9 Å². The zero-order valence-corrected chi connectivity index (χ0v) is 17.4. The van der Waals surface area contributed by atoms with Crippen molar-refractivity contribution in [2.75, 3.05) is 21.3 Å². The first-order valence-corrected chi connectivity index (χ1v) is 9.96. The Bertz CT molecular complexity index is 1010. The van der Waals surface area contributed by atoms with Crippen LogP contribution in [-0.2, 0) is 9.59 Å². The summed E-state index contributed by atoms with van der Waals surface area (Å²) in [6, 6.07) is 13.3. The number of ketones is 1. The molecule has 1 aliphatic carbocycles. The second-order valence-corrected chi connectivity index (χ2v) is 7.61. The highest BCUT2D eigenvalue weighted by Crippen LogP contribution is 2.43. The van der Waals surface area contributed by atoms with E-state index in [0.717, 1.165) is 28.1 Å². The number of rotatable bonds is 5. The molecular formula is C24H25NO5. The summed E-state index contributed by atoms with van der Waals surface area (Å²) in [5.41, 5.74) is 3.42. The van der Waals surface area contributed by atoms with Crippen LogP contribution in [0.1, 0.15) is 42.2 Å². The van der Waals surface area contributed by atoms with Crippen LogP contribution in [0.5, 0.6) is 17.2 Å². The van der Waals surface area contributed by atoms with Gasteiger partial charge in [-0.25, -0.2) is 0 Å². The minimum atomic E-state index is -0.224. The van der Waals surface area contributed by atoms with Crippen LogP contribution in [0.2, 0.25) is 0 Å². The fourth-order valence-electron chi connectivity index (χ4n) is 4.42. The molecule has 6 nitrogen and oxygen atoms in total. The number of methoxy groups -OCH3 is 3. The third-order valence-corrected chi connectivity index (χ3v) is 5.93. The fourth-order valence-corrected chi connectivity index (χ4v) is 4.42. The average molecular weight is 407 g/mol. The van der Waals surface area contributed by atoms with Gasteiger partial charge >= 0.3 is 0 Å². The number of benzene rings is 2. The lowest BCUT2D eigenvalue weighted by Crippen LogP contribution is -2.38. The van der Waals surface area contributed by atoms with Crippen molar-refractivity contribution in [1.82, 2.24) is 5.32 Å². The van der Waals surface area contributed by atoms with E-state index in [2.05, 4.69) is 5.32 Å². The van der Waals surface area contributed by atoms with Gasteiger partial charge in [-0.15, -0.1) is 0 Å². The Kier molecular flexibility index (Phi) is 5.48. The summed E-state index contributed by atoms with van der Waals surface area (Å²) in [5.74, 6) is 1.80. The maximum Gasteiger partial charge on any atom is 0.225 e. The van der Waals surface area contributed by atoms with Gasteiger partial charge in [0, 0.05) is 30.0 Å². The Hall–Kier alpha value is -3.28. The molecule has 2 atom stereocenters. The molecule has 4 rings (SSSR count). The van der Waals surface area contributed by atoms with Crippen LogP contribution in [0, 0.1) is 0 Å². The van der Waals surface area contributed by atoms with Crippen molar-refractivity contribution in [3.63, 3.8) is 0 Å². The quantitative estimate of drug-likeness (QED) is 0.818. The summed E-state index contributed by atoms with van der Waals surface area (Å²) in [5, 5.41) is 2.96. The molecule has 0 radical (unpaired) electrons. The van der Waals surface area contributed by atoms with Crippen LogP contribution in [-0.4, -0.2) is 33.0 Å². The van der Waals surface area contributed by atoms with Crippen molar-refractivity contribution in [1.29, 1.82) is 0 Å². The first-order chi connectivity index (χ1) is 14.5. The molecule has 1 aliphatic heterocycles. The highest BCUT2D eigenvalue weighted by molar-refractivity contribution is 6.02. The minimum absolute atomic E-state index is 0.0222. The highest BCUT2D eigenvalue weighted by Gasteiger charge is 2.38. The molecule has 0 fully saturated rings. The summed E-state index contributed by atoms with van der Waals surface area (Å²) in [6.07, 6.45) is 1.28. The maximum absolute atomic E-state index is 13.2. The number of amides is 1. The van der Waals surface area contributed by atoms with Crippen molar-refractivity contribution in [2.45, 2.75) is 31.1 Å². The Morgan fingerprint density at radius 3 is 2.17 bits per heavy atom. The minimum Gasteiger partial charge on any atom is -0.497 e. The van der Waals surface area contributed by atoms with E-state index in [9.17, 15) is 9.59 Å². The predicted molar refractivity (Wildman–Crippen MR) is 112 cm³/mol. The van der Waals surface area contributed by atoms with Crippen LogP contribution < -0.4 is 19.5 Å². The molecule has 0 aromatic heterocycles. The van der Waals surface area contributed by atoms with E-state index in [-0.39, 0.29) is 29.9 Å². The van der Waals surface area contributed by atoms with Crippen LogP contribution in [0.4, 0.5) is 0 Å². The van der Waals surface area contributed by atoms with Gasteiger partial charge in [0.25, 0.3) is 0 Å². The largest absolute Gasteiger partial charge is 0.497 e. The standard InChI is InChI=1S/C24H25NO5/c1-28-17-7-4-14(5-8-17)18-13-23(27)25-19-10-16(11-20(26)24(18)19)15-6-9-21(29-2)22(12-15)30-3/h4-9,12,16,18H,10-11,13H2,1-3H3,(H,25,27). The van der Waals surface area contributed by atoms with Gasteiger partial charge in [-0.2, -0.15) is 0 Å². The molecule has 6 heteroatoms. The van der Waals surface area contributed by atoms with Crippen molar-refractivity contribution >= 4 is 11.7 Å². The number of carbonyl (C=O) groups excluding carboxylic acids is 2. The second kappa shape index (κ2) is 8.22. The second-order valence-electron chi connectivity index (χ2n) is 7.61. The SMILES string of the molecule is COc1ccc(C2CC(=O)NC3=C2C(=O)CC(c2ccc(OC)c(OC)c2)C3)cc1. The normalized spacial score (nSPS) is 21.0. The monoisotopic (exact) mass is 407 g/mol. The van der Waals surface area contributed by atoms with Gasteiger partial charge < -0.3 is 19.5 Å². The molecule has 2 aromatic carbocycles. The lowest BCUT2D eigenvalue weighted by Gasteiger charge is -2.34. The number of allylic oxidation sites excluding steroid dienone is 2. The van der Waals surface area contributed by atoms with Crippen molar-refractivity contribution in [3.05, 3.63) is 64.9 Å². The Labute approximate surface area is 175 Å². The van der Waals surface area contributed by atoms with Crippen LogP contribution in [0.15, 0.2) is 53.7 Å². The lowest BCUT2D eigenvalue weighted by atomic mass is 9.73. The smallest absolute Gasteiger partial charge is 0.225 e. The van der Waals surface area contributed by atoms with Gasteiger partial charge in [0.2, 0.25) is 5.91 Å². The molecule has 156 valence electrons. The van der Waals surface area contributed by atoms with E-state index in [1.807, 2.05) is 42.5 Å². The van der Waals surface area contributed by atoms with Crippen molar-refractivity contribution < 1.29 is 23.8 Å². The molecule has 2 aromatic rings. The molecule has 1 amide bonds. The summed E-state index contributed by atoms with van der Waals surface area (Å²) in [4.78, 5) is 25.7. The molecule has 2 unspecified atom stereocenters. The van der Waals surface area contributed by atoms with E-state index in [0.29, 0.717) is 24.3 Å². The van der Waals surface area contributed by atoms with E-state index < -0.39 is 0 Å². The first kappa shape index (κ1) is 20.0. The molecule has 1 heterocycles. The zero-order chi connectivity index (χ0) is 21.3. The third kappa shape index (κ3) is 3.65. The number of ether oxygens (including phenoxy) is 3. The third-order valence-electron chi connectivity index (χ3n) is 5.93. The molecule has 0 spiro atoms. The fraction of sp³-hybridized carbons (Fsp3) is 0.333. The van der Waals surface area contributed by atoms with Gasteiger partial charge in [-0.3, -0.25) is 9.59 Å². The van der Waals surface area contributed by atoms with E-state index in [1.54, 1.807) is 21.3 Å². The molecule has 0 saturated carbocycles. The van der Waals surface area contributed by atoms with E-state index in [1.165, 1.54) is 0 Å². The summed E-state index contributed by atoms with van der Waals surface area (Å²) in [6.45, 7) is 0. The molecule has 30 heavy (non-hydrogen) atoms. The Morgan fingerprint density at radius 2 is 1.50 bits per heavy atom. The number of nitrogens with one attached hydrogen (secondary N) is 1. The number of hydrogen-bond donors (Lipinski definition) is 1.